The first kappa shape index (κ1) is 22.4. The number of hydrogen-bond acceptors (Lipinski definition) is 6. The van der Waals surface area contributed by atoms with Crippen molar-refractivity contribution < 1.29 is 13.9 Å². The Morgan fingerprint density at radius 3 is 2.33 bits per heavy atom. The van der Waals surface area contributed by atoms with E-state index in [1.54, 1.807) is 18.2 Å². The van der Waals surface area contributed by atoms with Crippen molar-refractivity contribution in [2.75, 3.05) is 38.8 Å². The lowest BCUT2D eigenvalue weighted by molar-refractivity contribution is 0.309. The molecule has 0 radical (unpaired) electrons. The molecule has 4 rings (SSSR count). The van der Waals surface area contributed by atoms with Gasteiger partial charge in [-0.25, -0.2) is 0 Å². The van der Waals surface area contributed by atoms with Crippen molar-refractivity contribution in [1.82, 2.24) is 0 Å². The summed E-state index contributed by atoms with van der Waals surface area (Å²) in [6.45, 7) is 1.04. The Morgan fingerprint density at radius 2 is 1.64 bits per heavy atom. The number of nitrogens with two attached hydrogens (primary N) is 1. The summed E-state index contributed by atoms with van der Waals surface area (Å²) in [6.07, 6.45) is 0.678. The van der Waals surface area contributed by atoms with Crippen molar-refractivity contribution in [2.24, 2.45) is 5.73 Å². The van der Waals surface area contributed by atoms with Crippen LogP contribution in [0.3, 0.4) is 0 Å². The van der Waals surface area contributed by atoms with Crippen LogP contribution in [-0.2, 0) is 6.42 Å². The van der Waals surface area contributed by atoms with Crippen LogP contribution in [-0.4, -0.2) is 33.9 Å². The van der Waals surface area contributed by atoms with E-state index in [1.807, 2.05) is 73.6 Å². The maximum atomic E-state index is 13.5. The second-order valence-electron chi connectivity index (χ2n) is 7.88. The molecule has 3 aromatic carbocycles. The van der Waals surface area contributed by atoms with Crippen LogP contribution in [0.1, 0.15) is 5.56 Å². The summed E-state index contributed by atoms with van der Waals surface area (Å²) in [5.74, 6) is 1.07. The number of benzene rings is 3. The van der Waals surface area contributed by atoms with E-state index in [2.05, 4.69) is 0 Å². The SMILES string of the molecule is CN(C)c1ccc(-c2oc3c(OCCN)cccc3c(=O)c2OCCc2ccccc2)cc1. The van der Waals surface area contributed by atoms with E-state index in [9.17, 15) is 4.79 Å². The van der Waals surface area contributed by atoms with E-state index in [1.165, 1.54) is 0 Å². The Bertz CT molecular complexity index is 1270. The highest BCUT2D eigenvalue weighted by atomic mass is 16.5. The van der Waals surface area contributed by atoms with E-state index in [0.717, 1.165) is 16.8 Å². The average Bonchev–Trinajstić information content (AvgIpc) is 2.84. The van der Waals surface area contributed by atoms with Gasteiger partial charge in [0.05, 0.1) is 12.0 Å². The van der Waals surface area contributed by atoms with Gasteiger partial charge >= 0.3 is 0 Å². The predicted molar refractivity (Wildman–Crippen MR) is 132 cm³/mol. The van der Waals surface area contributed by atoms with E-state index < -0.39 is 0 Å². The number of hydrogen-bond donors (Lipinski definition) is 1. The summed E-state index contributed by atoms with van der Waals surface area (Å²) >= 11 is 0. The third-order valence-corrected chi connectivity index (χ3v) is 5.34. The fourth-order valence-electron chi connectivity index (χ4n) is 3.60. The Hall–Kier alpha value is -3.77. The minimum absolute atomic E-state index is 0.201. The van der Waals surface area contributed by atoms with Crippen LogP contribution in [0.25, 0.3) is 22.3 Å². The lowest BCUT2D eigenvalue weighted by atomic mass is 10.1. The van der Waals surface area contributed by atoms with E-state index >= 15 is 0 Å². The van der Waals surface area contributed by atoms with Gasteiger partial charge < -0.3 is 24.5 Å². The Morgan fingerprint density at radius 1 is 0.879 bits per heavy atom. The number of ether oxygens (including phenoxy) is 2. The lowest BCUT2D eigenvalue weighted by Gasteiger charge is -2.15. The van der Waals surface area contributed by atoms with Crippen LogP contribution in [0.4, 0.5) is 5.69 Å². The molecule has 0 aliphatic heterocycles. The zero-order valence-corrected chi connectivity index (χ0v) is 18.9. The molecule has 1 aromatic heterocycles. The maximum Gasteiger partial charge on any atom is 0.235 e. The molecule has 4 aromatic rings. The standard InChI is InChI=1S/C27H28N2O4/c1-29(2)21-13-11-20(12-14-21)25-27(32-17-15-19-7-4-3-5-8-19)24(30)22-9-6-10-23(26(22)33-25)31-18-16-28/h3-14H,15-18,28H2,1-2H3. The summed E-state index contributed by atoms with van der Waals surface area (Å²) in [6, 6.07) is 23.1. The summed E-state index contributed by atoms with van der Waals surface area (Å²) in [7, 11) is 3.95. The highest BCUT2D eigenvalue weighted by Crippen LogP contribution is 2.35. The first-order chi connectivity index (χ1) is 16.1. The fourth-order valence-corrected chi connectivity index (χ4v) is 3.60. The average molecular weight is 445 g/mol. The van der Waals surface area contributed by atoms with Gasteiger partial charge in [0.2, 0.25) is 11.2 Å². The molecule has 0 saturated heterocycles. The maximum absolute atomic E-state index is 13.5. The molecule has 6 nitrogen and oxygen atoms in total. The van der Waals surface area contributed by atoms with E-state index in [-0.39, 0.29) is 11.2 Å². The number of fused-ring (bicyclic) bond motifs is 1. The summed E-state index contributed by atoms with van der Waals surface area (Å²) < 4.78 is 18.1. The van der Waals surface area contributed by atoms with E-state index in [4.69, 9.17) is 19.6 Å². The monoisotopic (exact) mass is 444 g/mol. The quantitative estimate of drug-likeness (QED) is 0.410. The number of para-hydroxylation sites is 1. The molecular weight excluding hydrogens is 416 g/mol. The van der Waals surface area contributed by atoms with Gasteiger partial charge in [0.1, 0.15) is 6.61 Å². The molecule has 1 heterocycles. The summed E-state index contributed by atoms with van der Waals surface area (Å²) in [5, 5.41) is 0.410. The van der Waals surface area contributed by atoms with Crippen LogP contribution < -0.4 is 25.5 Å². The minimum atomic E-state index is -0.228. The molecule has 2 N–H and O–H groups in total. The molecule has 0 atom stereocenters. The van der Waals surface area contributed by atoms with Crippen molar-refractivity contribution in [1.29, 1.82) is 0 Å². The van der Waals surface area contributed by atoms with Gasteiger partial charge in [-0.3, -0.25) is 4.79 Å². The normalized spacial score (nSPS) is 10.9. The minimum Gasteiger partial charge on any atom is -0.488 e. The van der Waals surface area contributed by atoms with Crippen LogP contribution in [0, 0.1) is 0 Å². The van der Waals surface area contributed by atoms with Gasteiger partial charge in [0.15, 0.2) is 17.1 Å². The Balaban J connectivity index is 1.78. The molecule has 0 aliphatic rings. The molecule has 6 heteroatoms. The Kier molecular flexibility index (Phi) is 6.95. The molecule has 0 saturated carbocycles. The first-order valence-corrected chi connectivity index (χ1v) is 11.0. The van der Waals surface area contributed by atoms with Gasteiger partial charge in [0.25, 0.3) is 0 Å². The van der Waals surface area contributed by atoms with Gasteiger partial charge in [-0.1, -0.05) is 36.4 Å². The molecule has 0 aliphatic carbocycles. The second kappa shape index (κ2) is 10.2. The van der Waals surface area contributed by atoms with Crippen LogP contribution >= 0.6 is 0 Å². The first-order valence-electron chi connectivity index (χ1n) is 11.0. The number of nitrogens with zero attached hydrogens (tertiary/aromatic N) is 1. The van der Waals surface area contributed by atoms with Crippen molar-refractivity contribution in [3.8, 4) is 22.8 Å². The second-order valence-corrected chi connectivity index (χ2v) is 7.88. The van der Waals surface area contributed by atoms with Crippen molar-refractivity contribution in [3.63, 3.8) is 0 Å². The fraction of sp³-hybridized carbons (Fsp3) is 0.222. The third-order valence-electron chi connectivity index (χ3n) is 5.34. The topological polar surface area (TPSA) is 77.9 Å². The van der Waals surface area contributed by atoms with Gasteiger partial charge in [-0.2, -0.15) is 0 Å². The summed E-state index contributed by atoms with van der Waals surface area (Å²) in [5.41, 5.74) is 8.69. The number of rotatable bonds is 9. The third kappa shape index (κ3) is 5.02. The van der Waals surface area contributed by atoms with Gasteiger partial charge in [-0.05, 0) is 42.0 Å². The molecule has 33 heavy (non-hydrogen) atoms. The van der Waals surface area contributed by atoms with E-state index in [0.29, 0.717) is 48.7 Å². The molecule has 0 unspecified atom stereocenters. The Labute approximate surface area is 193 Å². The highest BCUT2D eigenvalue weighted by Gasteiger charge is 2.20. The van der Waals surface area contributed by atoms with Gasteiger partial charge in [0, 0.05) is 38.3 Å². The summed E-state index contributed by atoms with van der Waals surface area (Å²) in [4.78, 5) is 15.5. The molecule has 0 amide bonds. The van der Waals surface area contributed by atoms with Crippen molar-refractivity contribution >= 4 is 16.7 Å². The van der Waals surface area contributed by atoms with Gasteiger partial charge in [-0.15, -0.1) is 0 Å². The predicted octanol–water partition coefficient (Wildman–Crippen LogP) is 4.49. The van der Waals surface area contributed by atoms with Crippen LogP contribution in [0.5, 0.6) is 11.5 Å². The molecular formula is C27H28N2O4. The van der Waals surface area contributed by atoms with Crippen molar-refractivity contribution in [3.05, 3.63) is 88.6 Å². The highest BCUT2D eigenvalue weighted by molar-refractivity contribution is 5.86. The zero-order valence-electron chi connectivity index (χ0n) is 18.9. The smallest absolute Gasteiger partial charge is 0.235 e. The zero-order chi connectivity index (χ0) is 23.2. The van der Waals surface area contributed by atoms with Crippen LogP contribution in [0.2, 0.25) is 0 Å². The van der Waals surface area contributed by atoms with Crippen molar-refractivity contribution in [2.45, 2.75) is 6.42 Å². The molecule has 0 bridgehead atoms. The molecule has 170 valence electrons. The van der Waals surface area contributed by atoms with Crippen LogP contribution in [0.15, 0.2) is 82.0 Å². The number of anilines is 1. The largest absolute Gasteiger partial charge is 0.488 e. The lowest BCUT2D eigenvalue weighted by Crippen LogP contribution is -2.14. The molecule has 0 fully saturated rings. The molecule has 0 spiro atoms.